The van der Waals surface area contributed by atoms with Gasteiger partial charge in [-0.1, -0.05) is 0 Å². The molecule has 1 N–H and O–H groups in total. The summed E-state index contributed by atoms with van der Waals surface area (Å²) in [6.07, 6.45) is -1.64. The van der Waals surface area contributed by atoms with Gasteiger partial charge in [-0.15, -0.1) is 0 Å². The summed E-state index contributed by atoms with van der Waals surface area (Å²) in [6, 6.07) is 10.9. The number of aryl methyl sites for hydroxylation is 1. The zero-order chi connectivity index (χ0) is 27.0. The van der Waals surface area contributed by atoms with Crippen molar-refractivity contribution >= 4 is 28.3 Å². The van der Waals surface area contributed by atoms with Crippen LogP contribution in [-0.4, -0.2) is 24.9 Å². The van der Waals surface area contributed by atoms with Crippen molar-refractivity contribution in [3.05, 3.63) is 88.4 Å². The molecule has 0 aliphatic heterocycles. The van der Waals surface area contributed by atoms with Gasteiger partial charge in [0.25, 0.3) is 5.91 Å². The number of hydrogen-bond donors (Lipinski definition) is 1. The Morgan fingerprint density at radius 2 is 1.49 bits per heavy atom. The van der Waals surface area contributed by atoms with Crippen LogP contribution in [0.4, 0.5) is 27.6 Å². The summed E-state index contributed by atoms with van der Waals surface area (Å²) in [6.45, 7) is 2.73. The third-order valence-corrected chi connectivity index (χ3v) is 5.60. The quantitative estimate of drug-likeness (QED) is 0.139. The van der Waals surface area contributed by atoms with Gasteiger partial charge in [0.2, 0.25) is 34.9 Å². The predicted octanol–water partition coefficient (Wildman–Crippen LogP) is 6.08. The Hall–Kier alpha value is -4.41. The van der Waals surface area contributed by atoms with Crippen LogP contribution < -0.4 is 14.8 Å². The zero-order valence-corrected chi connectivity index (χ0v) is 19.5. The molecule has 1 amide bonds. The first-order valence-electron chi connectivity index (χ1n) is 10.7. The van der Waals surface area contributed by atoms with E-state index in [0.717, 1.165) is 6.92 Å². The standard InChI is InChI=1S/C26H18F5NO5/c1-11-16-10-14(6-9-17(16)37-24(11)23(33)13-4-7-15(35-3)8-5-13)32-26(34)12(2)36-25-21(30)19(28)18(27)20(29)22(25)31/h4-10,12H,1-3H3,(H,32,34). The normalized spacial score (nSPS) is 11.9. The highest BCUT2D eigenvalue weighted by atomic mass is 19.2. The number of methoxy groups -OCH3 is 1. The van der Waals surface area contributed by atoms with Gasteiger partial charge in [-0.2, -0.15) is 8.78 Å². The van der Waals surface area contributed by atoms with E-state index in [-0.39, 0.29) is 17.2 Å². The lowest BCUT2D eigenvalue weighted by molar-refractivity contribution is -0.122. The highest BCUT2D eigenvalue weighted by Gasteiger charge is 2.29. The number of carbonyl (C=O) groups is 2. The van der Waals surface area contributed by atoms with Gasteiger partial charge in [0.05, 0.1) is 7.11 Å². The maximum atomic E-state index is 13.9. The minimum Gasteiger partial charge on any atom is -0.497 e. The molecule has 37 heavy (non-hydrogen) atoms. The molecule has 4 aromatic rings. The Morgan fingerprint density at radius 1 is 0.892 bits per heavy atom. The number of ether oxygens (including phenoxy) is 2. The van der Waals surface area contributed by atoms with Gasteiger partial charge < -0.3 is 19.2 Å². The molecule has 3 aromatic carbocycles. The van der Waals surface area contributed by atoms with Gasteiger partial charge in [0.1, 0.15) is 11.3 Å². The topological polar surface area (TPSA) is 77.8 Å². The molecule has 0 saturated carbocycles. The summed E-state index contributed by atoms with van der Waals surface area (Å²) in [5, 5.41) is 2.94. The van der Waals surface area contributed by atoms with E-state index in [1.807, 2.05) is 0 Å². The molecule has 192 valence electrons. The zero-order valence-electron chi connectivity index (χ0n) is 19.5. The Morgan fingerprint density at radius 3 is 2.08 bits per heavy atom. The lowest BCUT2D eigenvalue weighted by Crippen LogP contribution is -2.31. The Bertz CT molecular complexity index is 1500. The van der Waals surface area contributed by atoms with E-state index in [1.54, 1.807) is 31.2 Å². The molecular weight excluding hydrogens is 501 g/mol. The van der Waals surface area contributed by atoms with Gasteiger partial charge in [0.15, 0.2) is 17.6 Å². The van der Waals surface area contributed by atoms with E-state index in [4.69, 9.17) is 13.9 Å². The van der Waals surface area contributed by atoms with Crippen LogP contribution in [0.15, 0.2) is 46.9 Å². The number of fused-ring (bicyclic) bond motifs is 1. The van der Waals surface area contributed by atoms with Crippen molar-refractivity contribution in [3.63, 3.8) is 0 Å². The molecule has 0 fully saturated rings. The van der Waals surface area contributed by atoms with Gasteiger partial charge in [0, 0.05) is 22.2 Å². The van der Waals surface area contributed by atoms with Crippen LogP contribution in [0.5, 0.6) is 11.5 Å². The highest BCUT2D eigenvalue weighted by molar-refractivity contribution is 6.11. The number of amides is 1. The first-order chi connectivity index (χ1) is 17.5. The molecule has 0 bridgehead atoms. The van der Waals surface area contributed by atoms with Crippen LogP contribution in [-0.2, 0) is 4.79 Å². The van der Waals surface area contributed by atoms with Crippen molar-refractivity contribution in [2.75, 3.05) is 12.4 Å². The molecule has 0 aliphatic rings. The monoisotopic (exact) mass is 519 g/mol. The van der Waals surface area contributed by atoms with E-state index in [2.05, 4.69) is 5.32 Å². The number of carbonyl (C=O) groups excluding carboxylic acids is 2. The molecule has 1 atom stereocenters. The summed E-state index contributed by atoms with van der Waals surface area (Å²) < 4.78 is 83.4. The molecule has 0 spiro atoms. The lowest BCUT2D eigenvalue weighted by atomic mass is 10.0. The summed E-state index contributed by atoms with van der Waals surface area (Å²) in [5.41, 5.74) is 1.43. The van der Waals surface area contributed by atoms with Crippen molar-refractivity contribution in [3.8, 4) is 11.5 Å². The van der Waals surface area contributed by atoms with E-state index in [1.165, 1.54) is 25.3 Å². The van der Waals surface area contributed by atoms with Gasteiger partial charge >= 0.3 is 0 Å². The largest absolute Gasteiger partial charge is 0.497 e. The van der Waals surface area contributed by atoms with Crippen LogP contribution in [0.25, 0.3) is 11.0 Å². The average Bonchev–Trinajstić information content (AvgIpc) is 3.23. The van der Waals surface area contributed by atoms with Gasteiger partial charge in [-0.3, -0.25) is 9.59 Å². The molecule has 6 nitrogen and oxygen atoms in total. The summed E-state index contributed by atoms with van der Waals surface area (Å²) in [7, 11) is 1.50. The highest BCUT2D eigenvalue weighted by Crippen LogP contribution is 2.31. The summed E-state index contributed by atoms with van der Waals surface area (Å²) >= 11 is 0. The number of hydrogen-bond acceptors (Lipinski definition) is 5. The smallest absolute Gasteiger partial charge is 0.265 e. The van der Waals surface area contributed by atoms with Gasteiger partial charge in [-0.05, 0) is 56.3 Å². The second kappa shape index (κ2) is 9.92. The fraction of sp³-hybridized carbons (Fsp3) is 0.154. The van der Waals surface area contributed by atoms with E-state index in [0.29, 0.717) is 27.8 Å². The number of anilines is 1. The van der Waals surface area contributed by atoms with Crippen LogP contribution >= 0.6 is 0 Å². The molecular formula is C26H18F5NO5. The van der Waals surface area contributed by atoms with E-state index >= 15 is 0 Å². The van der Waals surface area contributed by atoms with Crippen LogP contribution in [0.3, 0.4) is 0 Å². The first-order valence-corrected chi connectivity index (χ1v) is 10.7. The third kappa shape index (κ3) is 4.72. The second-order valence-electron chi connectivity index (χ2n) is 7.97. The molecule has 0 radical (unpaired) electrons. The molecule has 11 heteroatoms. The van der Waals surface area contributed by atoms with E-state index in [9.17, 15) is 31.5 Å². The molecule has 1 heterocycles. The van der Waals surface area contributed by atoms with Crippen LogP contribution in [0.2, 0.25) is 0 Å². The van der Waals surface area contributed by atoms with Crippen molar-refractivity contribution in [2.24, 2.45) is 0 Å². The number of rotatable bonds is 7. The molecule has 1 aromatic heterocycles. The SMILES string of the molecule is COc1ccc(C(=O)c2oc3ccc(NC(=O)C(C)Oc4c(F)c(F)c(F)c(F)c4F)cc3c2C)cc1. The fourth-order valence-corrected chi connectivity index (χ4v) is 3.55. The maximum absolute atomic E-state index is 13.9. The van der Waals surface area contributed by atoms with Crippen LogP contribution in [0, 0.1) is 36.0 Å². The van der Waals surface area contributed by atoms with Crippen molar-refractivity contribution < 1.29 is 45.4 Å². The van der Waals surface area contributed by atoms with Crippen LogP contribution in [0.1, 0.15) is 28.6 Å². The number of ketones is 1. The van der Waals surface area contributed by atoms with Crippen molar-refractivity contribution in [1.29, 1.82) is 0 Å². The van der Waals surface area contributed by atoms with Crippen molar-refractivity contribution in [1.82, 2.24) is 0 Å². The minimum atomic E-state index is -2.34. The minimum absolute atomic E-state index is 0.0895. The van der Waals surface area contributed by atoms with E-state index < -0.39 is 46.8 Å². The molecule has 1 unspecified atom stereocenters. The Labute approximate surface area is 206 Å². The number of nitrogens with one attached hydrogen (secondary N) is 1. The van der Waals surface area contributed by atoms with Crippen molar-refractivity contribution in [2.45, 2.75) is 20.0 Å². The number of halogens is 5. The fourth-order valence-electron chi connectivity index (χ4n) is 3.55. The Kier molecular flexibility index (Phi) is 6.88. The lowest BCUT2D eigenvalue weighted by Gasteiger charge is -2.16. The number of benzene rings is 3. The summed E-state index contributed by atoms with van der Waals surface area (Å²) in [5.74, 6) is -13.3. The molecule has 4 rings (SSSR count). The second-order valence-corrected chi connectivity index (χ2v) is 7.97. The van der Waals surface area contributed by atoms with Gasteiger partial charge in [-0.25, -0.2) is 13.2 Å². The average molecular weight is 519 g/mol. The predicted molar refractivity (Wildman–Crippen MR) is 122 cm³/mol. The number of furan rings is 1. The molecule has 0 aliphatic carbocycles. The summed E-state index contributed by atoms with van der Waals surface area (Å²) in [4.78, 5) is 25.4. The molecule has 0 saturated heterocycles. The Balaban J connectivity index is 1.55. The third-order valence-electron chi connectivity index (χ3n) is 5.60. The first kappa shape index (κ1) is 25.7. The maximum Gasteiger partial charge on any atom is 0.265 e.